The van der Waals surface area contributed by atoms with Gasteiger partial charge in [-0.2, -0.15) is 0 Å². The van der Waals surface area contributed by atoms with Gasteiger partial charge in [-0.05, 0) is 0 Å². The summed E-state index contributed by atoms with van der Waals surface area (Å²) in [6.45, 7) is 2.60. The van der Waals surface area contributed by atoms with E-state index in [4.69, 9.17) is 9.47 Å². The summed E-state index contributed by atoms with van der Waals surface area (Å²) in [5.74, 6) is -0.889. The van der Waals surface area contributed by atoms with E-state index >= 15 is 0 Å². The van der Waals surface area contributed by atoms with Crippen molar-refractivity contribution in [1.29, 1.82) is 0 Å². The molecule has 0 saturated heterocycles. The third kappa shape index (κ3) is 6.09. The van der Waals surface area contributed by atoms with Gasteiger partial charge in [-0.25, -0.2) is 0 Å². The van der Waals surface area contributed by atoms with Crippen molar-refractivity contribution in [2.24, 2.45) is 0 Å². The number of ether oxygens (including phenoxy) is 2. The van der Waals surface area contributed by atoms with E-state index in [-0.39, 0.29) is 15.0 Å². The zero-order chi connectivity index (χ0) is 12.7. The Labute approximate surface area is 106 Å². The van der Waals surface area contributed by atoms with Gasteiger partial charge < -0.3 is 0 Å². The van der Waals surface area contributed by atoms with E-state index in [2.05, 4.69) is 0 Å². The molecule has 0 bridgehead atoms. The predicted octanol–water partition coefficient (Wildman–Crippen LogP) is 0.887. The molecule has 0 N–H and O–H groups in total. The number of hydrogen-bond donors (Lipinski definition) is 0. The minimum absolute atomic E-state index is 0.108. The van der Waals surface area contributed by atoms with Crippen LogP contribution in [0, 0.1) is 0 Å². The zero-order valence-electron chi connectivity index (χ0n) is 9.71. The minimum atomic E-state index is -0.773. The van der Waals surface area contributed by atoms with Crippen LogP contribution in [0.3, 0.4) is 0 Å². The van der Waals surface area contributed by atoms with Gasteiger partial charge in [0.2, 0.25) is 0 Å². The normalized spacial score (nSPS) is 10.1. The number of hydrogen-bond acceptors (Lipinski definition) is 4. The Hall–Kier alpha value is -1.32. The van der Waals surface area contributed by atoms with Crippen LogP contribution in [0.15, 0.2) is 30.3 Å². The summed E-state index contributed by atoms with van der Waals surface area (Å²) in [6.07, 6.45) is -0.773. The molecule has 1 aromatic rings. The molecule has 0 aliphatic heterocycles. The van der Waals surface area contributed by atoms with E-state index in [0.29, 0.717) is 5.32 Å². The van der Waals surface area contributed by atoms with Crippen LogP contribution < -0.4 is 4.46 Å². The van der Waals surface area contributed by atoms with E-state index in [1.807, 2.05) is 30.3 Å². The van der Waals surface area contributed by atoms with E-state index in [1.54, 1.807) is 0 Å². The van der Waals surface area contributed by atoms with Crippen LogP contribution in [0.4, 0.5) is 0 Å². The van der Waals surface area contributed by atoms with Crippen molar-refractivity contribution < 1.29 is 19.1 Å². The molecule has 0 saturated carbocycles. The average Bonchev–Trinajstić information content (AvgIpc) is 2.26. The third-order valence-corrected chi connectivity index (χ3v) is 3.92. The van der Waals surface area contributed by atoms with Gasteiger partial charge in [0.15, 0.2) is 0 Å². The molecule has 0 aliphatic carbocycles. The van der Waals surface area contributed by atoms with Gasteiger partial charge in [0.1, 0.15) is 0 Å². The first-order chi connectivity index (χ1) is 8.08. The molecule has 92 valence electrons. The molecular weight excluding hydrogens is 287 g/mol. The van der Waals surface area contributed by atoms with Crippen LogP contribution in [0.5, 0.6) is 0 Å². The van der Waals surface area contributed by atoms with Crippen LogP contribution in [0.25, 0.3) is 0 Å². The quantitative estimate of drug-likeness (QED) is 0.460. The Kier molecular flexibility index (Phi) is 5.73. The third-order valence-electron chi connectivity index (χ3n) is 1.72. The first kappa shape index (κ1) is 13.7. The Morgan fingerprint density at radius 3 is 2.12 bits per heavy atom. The molecule has 0 heterocycles. The fraction of sp³-hybridized carbons (Fsp3) is 0.333. The SMILES string of the molecule is CC(=O)OC(C[Se]c1ccccc1)OC(C)=O. The molecule has 4 nitrogen and oxygen atoms in total. The van der Waals surface area contributed by atoms with Crippen LogP contribution in [0.2, 0.25) is 5.32 Å². The van der Waals surface area contributed by atoms with Crippen molar-refractivity contribution in [3.8, 4) is 0 Å². The maximum absolute atomic E-state index is 10.8. The molecule has 0 fully saturated rings. The maximum atomic E-state index is 10.8. The van der Waals surface area contributed by atoms with Gasteiger partial charge in [-0.1, -0.05) is 0 Å². The Morgan fingerprint density at radius 1 is 1.12 bits per heavy atom. The molecule has 0 aromatic heterocycles. The standard InChI is InChI=1S/C12H14O4Se/c1-9(13)15-12(16-10(2)14)8-17-11-6-4-3-5-7-11/h3-7,12H,8H2,1-2H3. The molecule has 0 radical (unpaired) electrons. The molecule has 5 heteroatoms. The molecule has 0 unspecified atom stereocenters. The monoisotopic (exact) mass is 302 g/mol. The van der Waals surface area contributed by atoms with Gasteiger partial charge in [0.25, 0.3) is 0 Å². The molecule has 1 rings (SSSR count). The Morgan fingerprint density at radius 2 is 1.65 bits per heavy atom. The van der Waals surface area contributed by atoms with E-state index < -0.39 is 18.2 Å². The summed E-state index contributed by atoms with van der Waals surface area (Å²) < 4.78 is 11.0. The summed E-state index contributed by atoms with van der Waals surface area (Å²) in [5, 5.41) is 0.524. The van der Waals surface area contributed by atoms with Crippen LogP contribution in [-0.2, 0) is 19.1 Å². The van der Waals surface area contributed by atoms with E-state index in [1.165, 1.54) is 18.3 Å². The molecule has 1 aromatic carbocycles. The molecule has 17 heavy (non-hydrogen) atoms. The van der Waals surface area contributed by atoms with E-state index in [0.717, 1.165) is 0 Å². The van der Waals surface area contributed by atoms with Gasteiger partial charge in [-0.3, -0.25) is 0 Å². The number of esters is 2. The summed E-state index contributed by atoms with van der Waals surface area (Å²) >= 11 is 0.108. The Bertz CT molecular complexity index is 361. The zero-order valence-corrected chi connectivity index (χ0v) is 11.4. The first-order valence-corrected chi connectivity index (χ1v) is 7.17. The summed E-state index contributed by atoms with van der Waals surface area (Å²) in [6, 6.07) is 9.83. The van der Waals surface area contributed by atoms with Gasteiger partial charge >= 0.3 is 106 Å². The van der Waals surface area contributed by atoms with Gasteiger partial charge in [-0.15, -0.1) is 0 Å². The van der Waals surface area contributed by atoms with Crippen molar-refractivity contribution in [1.82, 2.24) is 0 Å². The number of rotatable bonds is 5. The fourth-order valence-electron chi connectivity index (χ4n) is 1.14. The van der Waals surface area contributed by atoms with Crippen LogP contribution in [-0.4, -0.2) is 33.2 Å². The van der Waals surface area contributed by atoms with Crippen molar-refractivity contribution >= 4 is 31.4 Å². The van der Waals surface area contributed by atoms with Crippen molar-refractivity contribution in [2.75, 3.05) is 0 Å². The molecular formula is C12H14O4Se. The first-order valence-electron chi connectivity index (χ1n) is 5.10. The summed E-state index contributed by atoms with van der Waals surface area (Å²) in [7, 11) is 0. The number of benzene rings is 1. The van der Waals surface area contributed by atoms with Gasteiger partial charge in [0, 0.05) is 0 Å². The predicted molar refractivity (Wildman–Crippen MR) is 64.0 cm³/mol. The molecule has 0 aliphatic rings. The van der Waals surface area contributed by atoms with Crippen molar-refractivity contribution in [3.63, 3.8) is 0 Å². The topological polar surface area (TPSA) is 52.6 Å². The van der Waals surface area contributed by atoms with Crippen LogP contribution >= 0.6 is 0 Å². The second-order valence-electron chi connectivity index (χ2n) is 3.27. The van der Waals surface area contributed by atoms with Crippen LogP contribution in [0.1, 0.15) is 13.8 Å². The summed E-state index contributed by atoms with van der Waals surface area (Å²) in [4.78, 5) is 21.7. The second kappa shape index (κ2) is 7.09. The summed E-state index contributed by atoms with van der Waals surface area (Å²) in [5.41, 5.74) is 0. The van der Waals surface area contributed by atoms with Crippen molar-refractivity contribution in [3.05, 3.63) is 30.3 Å². The molecule has 0 amide bonds. The second-order valence-corrected chi connectivity index (χ2v) is 5.57. The van der Waals surface area contributed by atoms with Gasteiger partial charge in [0.05, 0.1) is 0 Å². The molecule has 0 spiro atoms. The Balaban J connectivity index is 2.48. The van der Waals surface area contributed by atoms with Crippen molar-refractivity contribution in [2.45, 2.75) is 25.5 Å². The average molecular weight is 301 g/mol. The molecule has 0 atom stereocenters. The fourth-order valence-corrected chi connectivity index (χ4v) is 2.85. The number of carbonyl (C=O) groups excluding carboxylic acids is 2. The van der Waals surface area contributed by atoms with E-state index in [9.17, 15) is 9.59 Å². The number of carbonyl (C=O) groups is 2.